The summed E-state index contributed by atoms with van der Waals surface area (Å²) in [4.78, 5) is 6.99. The average molecular weight is 499 g/mol. The number of nitrogens with one attached hydrogen (secondary N) is 2. The third kappa shape index (κ3) is 8.00. The number of hydrogen-bond donors (Lipinski definition) is 2. The summed E-state index contributed by atoms with van der Waals surface area (Å²) in [6.45, 7) is 7.77. The van der Waals surface area contributed by atoms with Crippen LogP contribution in [0.5, 0.6) is 0 Å². The van der Waals surface area contributed by atoms with Crippen molar-refractivity contribution in [2.75, 3.05) is 32.4 Å². The predicted octanol–water partition coefficient (Wildman–Crippen LogP) is 3.11. The van der Waals surface area contributed by atoms with Gasteiger partial charge < -0.3 is 15.5 Å². The van der Waals surface area contributed by atoms with E-state index in [1.807, 2.05) is 14.0 Å². The molecule has 2 fully saturated rings. The smallest absolute Gasteiger partial charge is 0.191 e. The Morgan fingerprint density at radius 1 is 1.23 bits per heavy atom. The van der Waals surface area contributed by atoms with Gasteiger partial charge in [0, 0.05) is 54.0 Å². The summed E-state index contributed by atoms with van der Waals surface area (Å²) in [5, 5.41) is 7.37. The van der Waals surface area contributed by atoms with Gasteiger partial charge >= 0.3 is 0 Å². The lowest BCUT2D eigenvalue weighted by Crippen LogP contribution is -2.47. The van der Waals surface area contributed by atoms with E-state index in [9.17, 15) is 4.21 Å². The second-order valence-electron chi connectivity index (χ2n) is 7.53. The summed E-state index contributed by atoms with van der Waals surface area (Å²) in [6.07, 6.45) is 9.67. The highest BCUT2D eigenvalue weighted by Crippen LogP contribution is 2.23. The minimum Gasteiger partial charge on any atom is -0.356 e. The van der Waals surface area contributed by atoms with Crippen molar-refractivity contribution in [3.8, 4) is 0 Å². The first-order chi connectivity index (χ1) is 12.1. The van der Waals surface area contributed by atoms with Gasteiger partial charge in [0.2, 0.25) is 0 Å². The molecular formula is C19H39IN4OS. The van der Waals surface area contributed by atoms with Gasteiger partial charge in [0.25, 0.3) is 0 Å². The second-order valence-corrected chi connectivity index (χ2v) is 9.54. The molecule has 0 radical (unpaired) electrons. The van der Waals surface area contributed by atoms with Crippen LogP contribution in [0.3, 0.4) is 0 Å². The lowest BCUT2D eigenvalue weighted by molar-refractivity contribution is 0.159. The Balaban J connectivity index is 0.00000338. The molecule has 1 saturated heterocycles. The van der Waals surface area contributed by atoms with Gasteiger partial charge in [0.1, 0.15) is 0 Å². The van der Waals surface area contributed by atoms with Crippen LogP contribution in [-0.2, 0) is 10.8 Å². The molecule has 4 atom stereocenters. The fraction of sp³-hybridized carbons (Fsp3) is 0.947. The number of piperidine rings is 1. The zero-order chi connectivity index (χ0) is 18.1. The molecule has 0 bridgehead atoms. The maximum Gasteiger partial charge on any atom is 0.191 e. The molecule has 154 valence electrons. The van der Waals surface area contributed by atoms with Crippen LogP contribution in [0.15, 0.2) is 4.99 Å². The molecule has 0 amide bonds. The summed E-state index contributed by atoms with van der Waals surface area (Å²) in [5.74, 6) is 1.68. The highest BCUT2D eigenvalue weighted by atomic mass is 127. The first-order valence-electron chi connectivity index (χ1n) is 10.2. The molecule has 1 heterocycles. The van der Waals surface area contributed by atoms with E-state index in [1.54, 1.807) is 0 Å². The van der Waals surface area contributed by atoms with Gasteiger partial charge in [-0.3, -0.25) is 9.20 Å². The monoisotopic (exact) mass is 498 g/mol. The van der Waals surface area contributed by atoms with Crippen molar-refractivity contribution in [1.82, 2.24) is 15.5 Å². The Hall–Kier alpha value is 0.110. The highest BCUT2D eigenvalue weighted by Gasteiger charge is 2.26. The van der Waals surface area contributed by atoms with Gasteiger partial charge in [0.15, 0.2) is 5.96 Å². The molecule has 5 nitrogen and oxygen atoms in total. The van der Waals surface area contributed by atoms with Crippen LogP contribution in [0.2, 0.25) is 0 Å². The minimum absolute atomic E-state index is 0. The number of nitrogens with zero attached hydrogens (tertiary/aromatic N) is 2. The molecule has 0 aromatic carbocycles. The molecule has 2 aliphatic rings. The summed E-state index contributed by atoms with van der Waals surface area (Å²) < 4.78 is 12.1. The van der Waals surface area contributed by atoms with Gasteiger partial charge in [-0.1, -0.05) is 19.8 Å². The third-order valence-corrected chi connectivity index (χ3v) is 7.44. The highest BCUT2D eigenvalue weighted by molar-refractivity contribution is 14.0. The summed E-state index contributed by atoms with van der Waals surface area (Å²) in [5.41, 5.74) is 0. The molecule has 1 aliphatic carbocycles. The largest absolute Gasteiger partial charge is 0.356 e. The maximum absolute atomic E-state index is 12.1. The van der Waals surface area contributed by atoms with Crippen molar-refractivity contribution in [1.29, 1.82) is 0 Å². The van der Waals surface area contributed by atoms with Crippen LogP contribution in [0, 0.1) is 0 Å². The molecule has 2 N–H and O–H groups in total. The third-order valence-electron chi connectivity index (χ3n) is 5.70. The van der Waals surface area contributed by atoms with Crippen molar-refractivity contribution in [2.45, 2.75) is 82.5 Å². The van der Waals surface area contributed by atoms with Crippen molar-refractivity contribution < 1.29 is 4.21 Å². The van der Waals surface area contributed by atoms with E-state index in [0.29, 0.717) is 11.3 Å². The standard InChI is InChI=1S/C19H38N4OS.HI/c1-4-25(24)18-11-7-10-17(15-18)22-19(20-3)21-12-8-14-23-13-6-5-9-16(23)2;/h16-18H,4-15H2,1-3H3,(H2,20,21,22);1H. The van der Waals surface area contributed by atoms with E-state index in [0.717, 1.165) is 56.4 Å². The SMILES string of the molecule is CCS(=O)C1CCCC(NC(=NC)NCCCN2CCCCC2C)C1.I. The van der Waals surface area contributed by atoms with Gasteiger partial charge in [-0.2, -0.15) is 0 Å². The minimum atomic E-state index is -0.670. The van der Waals surface area contributed by atoms with Crippen LogP contribution in [0.4, 0.5) is 0 Å². The Morgan fingerprint density at radius 2 is 2.04 bits per heavy atom. The molecule has 0 aromatic heterocycles. The number of aliphatic imine (C=N–C) groups is 1. The van der Waals surface area contributed by atoms with Gasteiger partial charge in [-0.15, -0.1) is 24.0 Å². The normalized spacial score (nSPS) is 28.9. The van der Waals surface area contributed by atoms with Crippen LogP contribution in [0.25, 0.3) is 0 Å². The van der Waals surface area contributed by atoms with E-state index in [1.165, 1.54) is 32.4 Å². The van der Waals surface area contributed by atoms with Crippen molar-refractivity contribution in [2.24, 2.45) is 4.99 Å². The first kappa shape index (κ1) is 24.1. The molecule has 4 unspecified atom stereocenters. The molecular weight excluding hydrogens is 459 g/mol. The van der Waals surface area contributed by atoms with E-state index in [4.69, 9.17) is 0 Å². The quantitative estimate of drug-likeness (QED) is 0.245. The maximum atomic E-state index is 12.1. The van der Waals surface area contributed by atoms with E-state index in [-0.39, 0.29) is 24.0 Å². The predicted molar refractivity (Wildman–Crippen MR) is 124 cm³/mol. The van der Waals surface area contributed by atoms with Gasteiger partial charge in [-0.05, 0) is 52.0 Å². The molecule has 0 aromatic rings. The van der Waals surface area contributed by atoms with E-state index in [2.05, 4.69) is 27.4 Å². The molecule has 1 saturated carbocycles. The molecule has 0 spiro atoms. The first-order valence-corrected chi connectivity index (χ1v) is 11.6. The molecule has 26 heavy (non-hydrogen) atoms. The van der Waals surface area contributed by atoms with Crippen LogP contribution in [0.1, 0.15) is 65.2 Å². The fourth-order valence-electron chi connectivity index (χ4n) is 4.12. The van der Waals surface area contributed by atoms with Crippen molar-refractivity contribution >= 4 is 40.7 Å². The zero-order valence-electron chi connectivity index (χ0n) is 16.8. The van der Waals surface area contributed by atoms with Crippen molar-refractivity contribution in [3.05, 3.63) is 0 Å². The zero-order valence-corrected chi connectivity index (χ0v) is 20.0. The lowest BCUT2D eigenvalue weighted by atomic mass is 9.95. The summed E-state index contributed by atoms with van der Waals surface area (Å²) in [7, 11) is 1.17. The Kier molecular flexibility index (Phi) is 12.4. The van der Waals surface area contributed by atoms with Crippen molar-refractivity contribution in [3.63, 3.8) is 0 Å². The Morgan fingerprint density at radius 3 is 2.73 bits per heavy atom. The number of rotatable bonds is 7. The summed E-state index contributed by atoms with van der Waals surface area (Å²) in [6, 6.07) is 1.15. The van der Waals surface area contributed by atoms with E-state index >= 15 is 0 Å². The Labute approximate surface area is 180 Å². The average Bonchev–Trinajstić information content (AvgIpc) is 2.65. The fourth-order valence-corrected chi connectivity index (χ4v) is 5.47. The molecule has 7 heteroatoms. The van der Waals surface area contributed by atoms with Crippen LogP contribution >= 0.6 is 24.0 Å². The molecule has 1 aliphatic heterocycles. The number of halogens is 1. The topological polar surface area (TPSA) is 56.7 Å². The number of likely N-dealkylation sites (tertiary alicyclic amines) is 1. The number of hydrogen-bond acceptors (Lipinski definition) is 3. The number of guanidine groups is 1. The summed E-state index contributed by atoms with van der Waals surface area (Å²) >= 11 is 0. The van der Waals surface area contributed by atoms with Gasteiger partial charge in [0.05, 0.1) is 0 Å². The van der Waals surface area contributed by atoms with Gasteiger partial charge in [-0.25, -0.2) is 0 Å². The molecule has 2 rings (SSSR count). The Bertz CT molecular complexity index is 449. The van der Waals surface area contributed by atoms with Crippen LogP contribution in [-0.4, -0.2) is 64.8 Å². The second kappa shape index (κ2) is 13.3. The van der Waals surface area contributed by atoms with Crippen LogP contribution < -0.4 is 10.6 Å². The van der Waals surface area contributed by atoms with E-state index < -0.39 is 10.8 Å². The lowest BCUT2D eigenvalue weighted by Gasteiger charge is -2.33.